The molecule has 0 aliphatic carbocycles. The van der Waals surface area contributed by atoms with Crippen molar-refractivity contribution in [2.24, 2.45) is 0 Å². The molecule has 0 saturated carbocycles. The first kappa shape index (κ1) is 16.0. The molecule has 1 N–H and O–H groups in total. The molecule has 2 aromatic carbocycles. The van der Waals surface area contributed by atoms with Crippen molar-refractivity contribution in [1.29, 1.82) is 0 Å². The molecule has 0 saturated heterocycles. The van der Waals surface area contributed by atoms with Crippen LogP contribution in [0.15, 0.2) is 48.5 Å². The second-order valence-corrected chi connectivity index (χ2v) is 8.80. The summed E-state index contributed by atoms with van der Waals surface area (Å²) >= 11 is 0. The third kappa shape index (κ3) is 4.53. The van der Waals surface area contributed by atoms with Crippen molar-refractivity contribution in [2.45, 2.75) is 37.7 Å². The molecule has 112 valence electrons. The van der Waals surface area contributed by atoms with Gasteiger partial charge in [-0.3, -0.25) is 0 Å². The first-order chi connectivity index (χ1) is 9.86. The van der Waals surface area contributed by atoms with Gasteiger partial charge < -0.3 is 5.11 Å². The molecule has 0 aromatic heterocycles. The number of hydrogen-bond acceptors (Lipinski definition) is 1. The number of hydrogen-bond donors (Lipinski definition) is 1. The summed E-state index contributed by atoms with van der Waals surface area (Å²) in [4.78, 5) is 0. The number of rotatable bonds is 4. The SMILES string of the molecule is C[S+](Cc1ccccc1)Cc1ccc(O)c(C(C)(C)C)c1. The minimum atomic E-state index is -0.0220. The lowest BCUT2D eigenvalue weighted by molar-refractivity contribution is 0.446. The van der Waals surface area contributed by atoms with Crippen LogP contribution in [-0.4, -0.2) is 11.4 Å². The monoisotopic (exact) mass is 301 g/mol. The van der Waals surface area contributed by atoms with Crippen LogP contribution in [0.3, 0.4) is 0 Å². The minimum absolute atomic E-state index is 0.0220. The predicted octanol–water partition coefficient (Wildman–Crippen LogP) is 4.64. The molecule has 21 heavy (non-hydrogen) atoms. The van der Waals surface area contributed by atoms with Gasteiger partial charge in [0.05, 0.1) is 6.26 Å². The van der Waals surface area contributed by atoms with E-state index in [4.69, 9.17) is 0 Å². The Kier molecular flexibility index (Phi) is 5.00. The molecule has 2 aromatic rings. The van der Waals surface area contributed by atoms with Gasteiger partial charge in [0.15, 0.2) is 0 Å². The van der Waals surface area contributed by atoms with Crippen LogP contribution in [0, 0.1) is 0 Å². The fourth-order valence-corrected chi connectivity index (χ4v) is 4.08. The van der Waals surface area contributed by atoms with E-state index < -0.39 is 0 Å². The van der Waals surface area contributed by atoms with Crippen LogP contribution in [0.25, 0.3) is 0 Å². The fourth-order valence-electron chi connectivity index (χ4n) is 2.47. The lowest BCUT2D eigenvalue weighted by Gasteiger charge is -2.21. The fraction of sp³-hybridized carbons (Fsp3) is 0.368. The van der Waals surface area contributed by atoms with Crippen LogP contribution in [0.2, 0.25) is 0 Å². The molecular formula is C19H25OS+. The molecule has 1 nitrogen and oxygen atoms in total. The van der Waals surface area contributed by atoms with Gasteiger partial charge in [0.2, 0.25) is 0 Å². The maximum Gasteiger partial charge on any atom is 0.133 e. The number of phenolic OH excluding ortho intramolecular Hbond substituents is 1. The van der Waals surface area contributed by atoms with Crippen molar-refractivity contribution in [1.82, 2.24) is 0 Å². The maximum absolute atomic E-state index is 10.0. The van der Waals surface area contributed by atoms with Crippen molar-refractivity contribution in [3.63, 3.8) is 0 Å². The van der Waals surface area contributed by atoms with Gasteiger partial charge in [-0.2, -0.15) is 0 Å². The molecule has 0 radical (unpaired) electrons. The average Bonchev–Trinajstić information content (AvgIpc) is 2.41. The number of aromatic hydroxyl groups is 1. The van der Waals surface area contributed by atoms with E-state index in [0.29, 0.717) is 16.6 Å². The van der Waals surface area contributed by atoms with Gasteiger partial charge in [0.25, 0.3) is 0 Å². The molecular weight excluding hydrogens is 276 g/mol. The van der Waals surface area contributed by atoms with E-state index in [9.17, 15) is 5.11 Å². The summed E-state index contributed by atoms with van der Waals surface area (Å²) in [5.41, 5.74) is 3.74. The van der Waals surface area contributed by atoms with Crippen LogP contribution < -0.4 is 0 Å². The standard InChI is InChI=1S/C19H24OS/c1-19(2,3)17-12-16(10-11-18(17)20)14-21(4)13-15-8-6-5-7-9-15/h5-12H,13-14H2,1-4H3/p+1. The van der Waals surface area contributed by atoms with E-state index >= 15 is 0 Å². The quantitative estimate of drug-likeness (QED) is 0.816. The lowest BCUT2D eigenvalue weighted by atomic mass is 9.85. The zero-order valence-electron chi connectivity index (χ0n) is 13.4. The van der Waals surface area contributed by atoms with E-state index in [2.05, 4.69) is 69.5 Å². The van der Waals surface area contributed by atoms with Gasteiger partial charge in [-0.25, -0.2) is 0 Å². The molecule has 1 unspecified atom stereocenters. The second-order valence-electron chi connectivity index (χ2n) is 6.66. The third-order valence-electron chi connectivity index (χ3n) is 3.54. The first-order valence-electron chi connectivity index (χ1n) is 7.32. The van der Waals surface area contributed by atoms with Crippen molar-refractivity contribution in [3.05, 3.63) is 65.2 Å². The summed E-state index contributed by atoms with van der Waals surface area (Å²) in [6, 6.07) is 16.7. The van der Waals surface area contributed by atoms with Crippen LogP contribution in [0.1, 0.15) is 37.5 Å². The Bertz CT molecular complexity index is 584. The zero-order valence-corrected chi connectivity index (χ0v) is 14.2. The Morgan fingerprint density at radius 1 is 0.905 bits per heavy atom. The number of benzene rings is 2. The summed E-state index contributed by atoms with van der Waals surface area (Å²) < 4.78 is 0. The normalized spacial score (nSPS) is 13.1. The predicted molar refractivity (Wildman–Crippen MR) is 93.9 cm³/mol. The van der Waals surface area contributed by atoms with Crippen molar-refractivity contribution in [2.75, 3.05) is 6.26 Å². The Hall–Kier alpha value is -1.41. The first-order valence-corrected chi connectivity index (χ1v) is 9.29. The molecule has 0 amide bonds. The van der Waals surface area contributed by atoms with Crippen LogP contribution in [-0.2, 0) is 27.8 Å². The Morgan fingerprint density at radius 3 is 2.14 bits per heavy atom. The van der Waals surface area contributed by atoms with Crippen LogP contribution in [0.5, 0.6) is 5.75 Å². The van der Waals surface area contributed by atoms with E-state index in [1.54, 1.807) is 0 Å². The van der Waals surface area contributed by atoms with Gasteiger partial charge >= 0.3 is 0 Å². The largest absolute Gasteiger partial charge is 0.508 e. The molecule has 0 aliphatic rings. The van der Waals surface area contributed by atoms with Gasteiger partial charge in [0, 0.05) is 11.1 Å². The Morgan fingerprint density at radius 2 is 1.52 bits per heavy atom. The smallest absolute Gasteiger partial charge is 0.133 e. The summed E-state index contributed by atoms with van der Waals surface area (Å²) in [5.74, 6) is 2.59. The van der Waals surface area contributed by atoms with Crippen molar-refractivity contribution < 1.29 is 5.11 Å². The van der Waals surface area contributed by atoms with E-state index in [1.165, 1.54) is 11.1 Å². The lowest BCUT2D eigenvalue weighted by Crippen LogP contribution is -2.13. The van der Waals surface area contributed by atoms with Gasteiger partial charge in [-0.05, 0) is 34.0 Å². The maximum atomic E-state index is 10.0. The molecule has 0 heterocycles. The van der Waals surface area contributed by atoms with Crippen LogP contribution in [0.4, 0.5) is 0 Å². The van der Waals surface area contributed by atoms with E-state index in [1.807, 2.05) is 6.07 Å². The Labute approximate surface area is 131 Å². The molecule has 0 spiro atoms. The van der Waals surface area contributed by atoms with Gasteiger partial charge in [0.1, 0.15) is 17.3 Å². The highest BCUT2D eigenvalue weighted by Gasteiger charge is 2.20. The minimum Gasteiger partial charge on any atom is -0.508 e. The van der Waals surface area contributed by atoms with Crippen molar-refractivity contribution in [3.8, 4) is 5.75 Å². The highest BCUT2D eigenvalue weighted by atomic mass is 32.2. The summed E-state index contributed by atoms with van der Waals surface area (Å²) in [5, 5.41) is 10.0. The zero-order chi connectivity index (χ0) is 15.5. The molecule has 1 atom stereocenters. The van der Waals surface area contributed by atoms with Crippen LogP contribution >= 0.6 is 0 Å². The summed E-state index contributed by atoms with van der Waals surface area (Å²) in [6.45, 7) is 6.42. The van der Waals surface area contributed by atoms with Gasteiger partial charge in [-0.15, -0.1) is 0 Å². The van der Waals surface area contributed by atoms with Gasteiger partial charge in [-0.1, -0.05) is 57.2 Å². The molecule has 0 aliphatic heterocycles. The molecule has 0 bridgehead atoms. The summed E-state index contributed by atoms with van der Waals surface area (Å²) in [7, 11) is 0.305. The molecule has 2 rings (SSSR count). The third-order valence-corrected chi connectivity index (χ3v) is 5.19. The summed E-state index contributed by atoms with van der Waals surface area (Å²) in [6.07, 6.45) is 2.32. The highest BCUT2D eigenvalue weighted by Crippen LogP contribution is 2.31. The van der Waals surface area contributed by atoms with Crippen molar-refractivity contribution >= 4 is 10.9 Å². The molecule has 0 fully saturated rings. The topological polar surface area (TPSA) is 20.2 Å². The molecule has 2 heteroatoms. The average molecular weight is 301 g/mol. The highest BCUT2D eigenvalue weighted by molar-refractivity contribution is 7.94. The second kappa shape index (κ2) is 6.57. The van der Waals surface area contributed by atoms with E-state index in [0.717, 1.165) is 17.1 Å². The Balaban J connectivity index is 2.09. The number of phenols is 1. The van der Waals surface area contributed by atoms with E-state index in [-0.39, 0.29) is 5.41 Å².